The lowest BCUT2D eigenvalue weighted by Crippen LogP contribution is -2.52. The minimum absolute atomic E-state index is 0.0569. The standard InChI is InChI=1S/C16H22FN3O2/c17-14-3-1-12(2-4-14)15(20-5-7-22-8-6-20)11-19-16(21)13-9-18-10-13/h1-4,13,15,18H,5-11H2,(H,19,21). The molecule has 2 fully saturated rings. The van der Waals surface area contributed by atoms with E-state index in [0.717, 1.165) is 31.7 Å². The van der Waals surface area contributed by atoms with Crippen LogP contribution in [0.2, 0.25) is 0 Å². The summed E-state index contributed by atoms with van der Waals surface area (Å²) in [6.45, 7) is 5.08. The van der Waals surface area contributed by atoms with Crippen molar-refractivity contribution in [1.29, 1.82) is 0 Å². The zero-order valence-electron chi connectivity index (χ0n) is 12.6. The molecule has 0 aliphatic carbocycles. The normalized spacial score (nSPS) is 21.1. The maximum absolute atomic E-state index is 13.2. The minimum atomic E-state index is -0.242. The lowest BCUT2D eigenvalue weighted by atomic mass is 10.0. The van der Waals surface area contributed by atoms with Crippen molar-refractivity contribution in [3.05, 3.63) is 35.6 Å². The van der Waals surface area contributed by atoms with Crippen molar-refractivity contribution in [2.24, 2.45) is 5.92 Å². The van der Waals surface area contributed by atoms with Crippen LogP contribution in [0.3, 0.4) is 0 Å². The van der Waals surface area contributed by atoms with Gasteiger partial charge in [-0.05, 0) is 17.7 Å². The molecule has 2 aliphatic heterocycles. The van der Waals surface area contributed by atoms with E-state index in [9.17, 15) is 9.18 Å². The van der Waals surface area contributed by atoms with Crippen LogP contribution < -0.4 is 10.6 Å². The first kappa shape index (κ1) is 15.4. The van der Waals surface area contributed by atoms with Crippen LogP contribution in [0.15, 0.2) is 24.3 Å². The average molecular weight is 307 g/mol. The van der Waals surface area contributed by atoms with E-state index in [-0.39, 0.29) is 23.7 Å². The molecule has 0 spiro atoms. The Balaban J connectivity index is 1.67. The molecule has 0 aromatic heterocycles. The summed E-state index contributed by atoms with van der Waals surface area (Å²) < 4.78 is 18.6. The summed E-state index contributed by atoms with van der Waals surface area (Å²) in [6, 6.07) is 6.60. The molecule has 6 heteroatoms. The molecule has 0 bridgehead atoms. The Bertz CT molecular complexity index is 499. The molecule has 1 aromatic rings. The number of benzene rings is 1. The molecule has 2 N–H and O–H groups in total. The number of carbonyl (C=O) groups is 1. The largest absolute Gasteiger partial charge is 0.379 e. The molecular weight excluding hydrogens is 285 g/mol. The highest BCUT2D eigenvalue weighted by atomic mass is 19.1. The van der Waals surface area contributed by atoms with Crippen LogP contribution >= 0.6 is 0 Å². The molecule has 1 aromatic carbocycles. The monoisotopic (exact) mass is 307 g/mol. The Morgan fingerprint density at radius 3 is 2.59 bits per heavy atom. The van der Waals surface area contributed by atoms with Crippen LogP contribution in [0.4, 0.5) is 4.39 Å². The number of ether oxygens (including phenoxy) is 1. The third kappa shape index (κ3) is 3.63. The van der Waals surface area contributed by atoms with Gasteiger partial charge in [-0.2, -0.15) is 0 Å². The summed E-state index contributed by atoms with van der Waals surface area (Å²) in [7, 11) is 0. The predicted molar refractivity (Wildman–Crippen MR) is 80.9 cm³/mol. The molecule has 22 heavy (non-hydrogen) atoms. The number of rotatable bonds is 5. The molecule has 1 unspecified atom stereocenters. The van der Waals surface area contributed by atoms with E-state index in [1.807, 2.05) is 0 Å². The maximum atomic E-state index is 13.2. The Kier molecular flexibility index (Phi) is 5.02. The molecule has 3 rings (SSSR count). The highest BCUT2D eigenvalue weighted by Crippen LogP contribution is 2.22. The Labute approximate surface area is 129 Å². The number of carbonyl (C=O) groups excluding carboxylic acids is 1. The van der Waals surface area contributed by atoms with Gasteiger partial charge in [0, 0.05) is 32.7 Å². The van der Waals surface area contributed by atoms with E-state index in [2.05, 4.69) is 15.5 Å². The lowest BCUT2D eigenvalue weighted by molar-refractivity contribution is -0.126. The van der Waals surface area contributed by atoms with Crippen LogP contribution in [0, 0.1) is 11.7 Å². The number of hydrogen-bond donors (Lipinski definition) is 2. The fourth-order valence-corrected chi connectivity index (χ4v) is 2.85. The summed E-state index contributed by atoms with van der Waals surface area (Å²) in [4.78, 5) is 14.3. The van der Waals surface area contributed by atoms with Gasteiger partial charge in [0.2, 0.25) is 5.91 Å². The highest BCUT2D eigenvalue weighted by molar-refractivity contribution is 5.80. The zero-order chi connectivity index (χ0) is 15.4. The molecule has 1 atom stereocenters. The van der Waals surface area contributed by atoms with Gasteiger partial charge in [-0.3, -0.25) is 9.69 Å². The predicted octanol–water partition coefficient (Wildman–Crippen LogP) is 0.535. The molecule has 120 valence electrons. The summed E-state index contributed by atoms with van der Waals surface area (Å²) in [5.74, 6) is -0.0632. The van der Waals surface area contributed by atoms with Gasteiger partial charge in [0.05, 0.1) is 25.2 Å². The first-order chi connectivity index (χ1) is 10.7. The molecule has 1 amide bonds. The van der Waals surface area contributed by atoms with Gasteiger partial charge in [0.25, 0.3) is 0 Å². The van der Waals surface area contributed by atoms with Gasteiger partial charge >= 0.3 is 0 Å². The minimum Gasteiger partial charge on any atom is -0.379 e. The molecule has 0 saturated carbocycles. The van der Waals surface area contributed by atoms with E-state index in [1.165, 1.54) is 12.1 Å². The summed E-state index contributed by atoms with van der Waals surface area (Å²) >= 11 is 0. The first-order valence-corrected chi connectivity index (χ1v) is 7.80. The average Bonchev–Trinajstić information content (AvgIpc) is 2.48. The van der Waals surface area contributed by atoms with Crippen LogP contribution in [-0.2, 0) is 9.53 Å². The second-order valence-corrected chi connectivity index (χ2v) is 5.82. The SMILES string of the molecule is O=C(NCC(c1ccc(F)cc1)N1CCOCC1)C1CNC1. The number of nitrogens with zero attached hydrogens (tertiary/aromatic N) is 1. The van der Waals surface area contributed by atoms with Gasteiger partial charge in [-0.25, -0.2) is 4.39 Å². The van der Waals surface area contributed by atoms with Crippen molar-refractivity contribution in [1.82, 2.24) is 15.5 Å². The fourth-order valence-electron chi connectivity index (χ4n) is 2.85. The van der Waals surface area contributed by atoms with Crippen molar-refractivity contribution in [3.8, 4) is 0 Å². The van der Waals surface area contributed by atoms with Gasteiger partial charge in [-0.1, -0.05) is 12.1 Å². The third-order valence-corrected chi connectivity index (χ3v) is 4.36. The molecule has 2 heterocycles. The highest BCUT2D eigenvalue weighted by Gasteiger charge is 2.27. The number of hydrogen-bond acceptors (Lipinski definition) is 4. The van der Waals surface area contributed by atoms with Crippen molar-refractivity contribution in [3.63, 3.8) is 0 Å². The topological polar surface area (TPSA) is 53.6 Å². The van der Waals surface area contributed by atoms with E-state index in [4.69, 9.17) is 4.74 Å². The van der Waals surface area contributed by atoms with E-state index >= 15 is 0 Å². The molecular formula is C16H22FN3O2. The summed E-state index contributed by atoms with van der Waals surface area (Å²) in [5, 5.41) is 6.14. The van der Waals surface area contributed by atoms with Crippen molar-refractivity contribution < 1.29 is 13.9 Å². The fraction of sp³-hybridized carbons (Fsp3) is 0.562. The number of amides is 1. The van der Waals surface area contributed by atoms with Gasteiger partial charge in [0.15, 0.2) is 0 Å². The second-order valence-electron chi connectivity index (χ2n) is 5.82. The number of nitrogens with one attached hydrogen (secondary N) is 2. The number of morpholine rings is 1. The second kappa shape index (κ2) is 7.17. The Morgan fingerprint density at radius 1 is 1.32 bits per heavy atom. The van der Waals surface area contributed by atoms with Crippen LogP contribution in [0.1, 0.15) is 11.6 Å². The van der Waals surface area contributed by atoms with Crippen LogP contribution in [-0.4, -0.2) is 56.7 Å². The third-order valence-electron chi connectivity index (χ3n) is 4.36. The molecule has 2 saturated heterocycles. The maximum Gasteiger partial charge on any atom is 0.225 e. The smallest absolute Gasteiger partial charge is 0.225 e. The Morgan fingerprint density at radius 2 is 2.00 bits per heavy atom. The molecule has 5 nitrogen and oxygen atoms in total. The van der Waals surface area contributed by atoms with E-state index in [1.54, 1.807) is 12.1 Å². The van der Waals surface area contributed by atoms with Crippen LogP contribution in [0.5, 0.6) is 0 Å². The Hall–Kier alpha value is -1.50. The van der Waals surface area contributed by atoms with Gasteiger partial charge in [-0.15, -0.1) is 0 Å². The van der Waals surface area contributed by atoms with Crippen molar-refractivity contribution in [2.45, 2.75) is 6.04 Å². The number of halogens is 1. The zero-order valence-corrected chi connectivity index (χ0v) is 12.6. The van der Waals surface area contributed by atoms with Crippen molar-refractivity contribution in [2.75, 3.05) is 45.9 Å². The summed E-state index contributed by atoms with van der Waals surface area (Å²) in [5.41, 5.74) is 1.02. The molecule has 0 radical (unpaired) electrons. The van der Waals surface area contributed by atoms with E-state index in [0.29, 0.717) is 19.8 Å². The molecule has 2 aliphatic rings. The lowest BCUT2D eigenvalue weighted by Gasteiger charge is -2.35. The summed E-state index contributed by atoms with van der Waals surface area (Å²) in [6.07, 6.45) is 0. The van der Waals surface area contributed by atoms with Gasteiger partial charge in [0.1, 0.15) is 5.82 Å². The van der Waals surface area contributed by atoms with Crippen LogP contribution in [0.25, 0.3) is 0 Å². The van der Waals surface area contributed by atoms with E-state index < -0.39 is 0 Å². The van der Waals surface area contributed by atoms with Gasteiger partial charge < -0.3 is 15.4 Å². The van der Waals surface area contributed by atoms with Crippen molar-refractivity contribution >= 4 is 5.91 Å². The quantitative estimate of drug-likeness (QED) is 0.833. The first-order valence-electron chi connectivity index (χ1n) is 7.80.